The highest BCUT2D eigenvalue weighted by molar-refractivity contribution is 5.55. The second kappa shape index (κ2) is 9.24. The topological polar surface area (TPSA) is 131 Å². The van der Waals surface area contributed by atoms with Crippen molar-refractivity contribution < 1.29 is 19.7 Å². The third kappa shape index (κ3) is 4.16. The van der Waals surface area contributed by atoms with E-state index in [1.165, 1.54) is 12.1 Å². The molecular formula is C26H25N3O5. The summed E-state index contributed by atoms with van der Waals surface area (Å²) in [5, 5.41) is 29.1. The van der Waals surface area contributed by atoms with Crippen LogP contribution in [-0.2, 0) is 13.0 Å². The van der Waals surface area contributed by atoms with Crippen LogP contribution in [0.4, 0.5) is 0 Å². The molecule has 1 aromatic heterocycles. The number of nitrogens with zero attached hydrogens (tertiary/aromatic N) is 2. The van der Waals surface area contributed by atoms with Crippen LogP contribution in [0.15, 0.2) is 64.8 Å². The van der Waals surface area contributed by atoms with E-state index in [0.29, 0.717) is 42.3 Å². The Balaban J connectivity index is 1.77. The number of pyridine rings is 1. The van der Waals surface area contributed by atoms with E-state index in [9.17, 15) is 20.3 Å². The molecule has 0 unspecified atom stereocenters. The van der Waals surface area contributed by atoms with E-state index in [4.69, 9.17) is 15.2 Å². The lowest BCUT2D eigenvalue weighted by molar-refractivity contribution is 0.340. The smallest absolute Gasteiger partial charge is 0.258 e. The standard InChI is InChI=1S/C26H25N3O5/c1-3-33-18-7-5-17(6-8-18)23-19(14-27)25(28)34-22-12-15(2)29(26(32)24(22)23)11-10-16-4-9-20(30)21(31)13-16/h4-9,12-13,23,30-31H,3,10-11,28H2,1-2H3/t23-/m1/s1. The van der Waals surface area contributed by atoms with Gasteiger partial charge in [-0.3, -0.25) is 4.79 Å². The first-order valence-electron chi connectivity index (χ1n) is 10.9. The van der Waals surface area contributed by atoms with Crippen LogP contribution in [0, 0.1) is 18.3 Å². The van der Waals surface area contributed by atoms with Gasteiger partial charge in [0.25, 0.3) is 5.56 Å². The SMILES string of the molecule is CCOc1ccc([C@@H]2C(C#N)=C(N)Oc3cc(C)n(CCc4ccc(O)c(O)c4)c(=O)c32)cc1. The van der Waals surface area contributed by atoms with E-state index in [1.54, 1.807) is 35.8 Å². The number of hydrogen-bond acceptors (Lipinski definition) is 7. The van der Waals surface area contributed by atoms with Gasteiger partial charge in [0.1, 0.15) is 23.1 Å². The first-order chi connectivity index (χ1) is 16.3. The highest BCUT2D eigenvalue weighted by Gasteiger charge is 2.34. The molecule has 0 saturated heterocycles. The number of aromatic nitrogens is 1. The minimum atomic E-state index is -0.679. The lowest BCUT2D eigenvalue weighted by atomic mass is 9.84. The fourth-order valence-electron chi connectivity index (χ4n) is 4.19. The van der Waals surface area contributed by atoms with Crippen LogP contribution < -0.4 is 20.8 Å². The van der Waals surface area contributed by atoms with Crippen molar-refractivity contribution in [1.29, 1.82) is 5.26 Å². The lowest BCUT2D eigenvalue weighted by Gasteiger charge is -2.27. The molecule has 0 aliphatic carbocycles. The minimum absolute atomic E-state index is 0.0231. The molecule has 0 amide bonds. The molecule has 174 valence electrons. The van der Waals surface area contributed by atoms with Crippen molar-refractivity contribution in [3.05, 3.63) is 92.7 Å². The average molecular weight is 460 g/mol. The molecule has 8 nitrogen and oxygen atoms in total. The average Bonchev–Trinajstić information content (AvgIpc) is 2.81. The Labute approximate surface area is 196 Å². The van der Waals surface area contributed by atoms with Gasteiger partial charge in [-0.2, -0.15) is 5.26 Å². The molecule has 1 aliphatic heterocycles. The van der Waals surface area contributed by atoms with Crippen molar-refractivity contribution >= 4 is 0 Å². The molecule has 2 aromatic carbocycles. The van der Waals surface area contributed by atoms with E-state index >= 15 is 0 Å². The molecule has 0 fully saturated rings. The number of ether oxygens (including phenoxy) is 2. The van der Waals surface area contributed by atoms with Crippen LogP contribution in [0.5, 0.6) is 23.0 Å². The number of fused-ring (bicyclic) bond motifs is 1. The van der Waals surface area contributed by atoms with Gasteiger partial charge in [-0.15, -0.1) is 0 Å². The molecule has 0 radical (unpaired) electrons. The molecule has 0 bridgehead atoms. The van der Waals surface area contributed by atoms with Gasteiger partial charge in [0.15, 0.2) is 11.5 Å². The highest BCUT2D eigenvalue weighted by Crippen LogP contribution is 2.40. The zero-order chi connectivity index (χ0) is 24.4. The Morgan fingerprint density at radius 1 is 1.15 bits per heavy atom. The minimum Gasteiger partial charge on any atom is -0.504 e. The summed E-state index contributed by atoms with van der Waals surface area (Å²) in [7, 11) is 0. The van der Waals surface area contributed by atoms with Gasteiger partial charge in [0.2, 0.25) is 5.88 Å². The van der Waals surface area contributed by atoms with Crippen molar-refractivity contribution in [2.75, 3.05) is 6.61 Å². The fourth-order valence-corrected chi connectivity index (χ4v) is 4.19. The molecule has 2 heterocycles. The summed E-state index contributed by atoms with van der Waals surface area (Å²) in [6.07, 6.45) is 0.449. The van der Waals surface area contributed by atoms with Gasteiger partial charge in [-0.05, 0) is 55.7 Å². The second-order valence-electron chi connectivity index (χ2n) is 8.02. The van der Waals surface area contributed by atoms with Crippen LogP contribution in [-0.4, -0.2) is 21.4 Å². The number of phenols is 2. The largest absolute Gasteiger partial charge is 0.504 e. The van der Waals surface area contributed by atoms with E-state index < -0.39 is 5.92 Å². The molecule has 3 aromatic rings. The number of aryl methyl sites for hydroxylation is 2. The normalized spacial score (nSPS) is 14.8. The number of aromatic hydroxyl groups is 2. The summed E-state index contributed by atoms with van der Waals surface area (Å²) in [5.74, 6) is -0.0970. The quantitative estimate of drug-likeness (QED) is 0.481. The maximum atomic E-state index is 13.7. The molecule has 0 saturated carbocycles. The van der Waals surface area contributed by atoms with E-state index in [0.717, 1.165) is 11.1 Å². The number of allylic oxidation sites excluding steroid dienone is 1. The Hall–Kier alpha value is -4.38. The van der Waals surface area contributed by atoms with E-state index in [1.807, 2.05) is 19.1 Å². The van der Waals surface area contributed by atoms with Gasteiger partial charge in [0.05, 0.1) is 18.1 Å². The maximum Gasteiger partial charge on any atom is 0.258 e. The Morgan fingerprint density at radius 3 is 2.53 bits per heavy atom. The summed E-state index contributed by atoms with van der Waals surface area (Å²) in [6.45, 7) is 4.55. The van der Waals surface area contributed by atoms with Crippen LogP contribution in [0.2, 0.25) is 0 Å². The molecule has 4 rings (SSSR count). The van der Waals surface area contributed by atoms with Gasteiger partial charge < -0.3 is 30.0 Å². The number of phenolic OH excluding ortho intramolecular Hbond substituents is 2. The fraction of sp³-hybridized carbons (Fsp3) is 0.231. The maximum absolute atomic E-state index is 13.7. The first-order valence-corrected chi connectivity index (χ1v) is 10.9. The van der Waals surface area contributed by atoms with Crippen LogP contribution in [0.25, 0.3) is 0 Å². The van der Waals surface area contributed by atoms with E-state index in [-0.39, 0.29) is 28.5 Å². The first kappa shape index (κ1) is 22.8. The third-order valence-corrected chi connectivity index (χ3v) is 5.88. The number of nitriles is 1. The van der Waals surface area contributed by atoms with Crippen molar-refractivity contribution in [1.82, 2.24) is 4.57 Å². The number of rotatable bonds is 6. The lowest BCUT2D eigenvalue weighted by Crippen LogP contribution is -2.33. The van der Waals surface area contributed by atoms with Gasteiger partial charge >= 0.3 is 0 Å². The Morgan fingerprint density at radius 2 is 1.88 bits per heavy atom. The Kier molecular flexibility index (Phi) is 6.19. The summed E-state index contributed by atoms with van der Waals surface area (Å²) >= 11 is 0. The summed E-state index contributed by atoms with van der Waals surface area (Å²) < 4.78 is 12.8. The van der Waals surface area contributed by atoms with Crippen LogP contribution in [0.3, 0.4) is 0 Å². The van der Waals surface area contributed by atoms with Crippen molar-refractivity contribution in [3.8, 4) is 29.1 Å². The van der Waals surface area contributed by atoms with Gasteiger partial charge in [-0.1, -0.05) is 18.2 Å². The predicted molar refractivity (Wildman–Crippen MR) is 126 cm³/mol. The molecular weight excluding hydrogens is 434 g/mol. The molecule has 34 heavy (non-hydrogen) atoms. The summed E-state index contributed by atoms with van der Waals surface area (Å²) in [6, 6.07) is 15.7. The molecule has 4 N–H and O–H groups in total. The molecule has 1 atom stereocenters. The summed E-state index contributed by atoms with van der Waals surface area (Å²) in [4.78, 5) is 13.7. The zero-order valence-corrected chi connectivity index (χ0v) is 18.9. The highest BCUT2D eigenvalue weighted by atomic mass is 16.5. The number of benzene rings is 2. The second-order valence-corrected chi connectivity index (χ2v) is 8.02. The number of hydrogen-bond donors (Lipinski definition) is 3. The monoisotopic (exact) mass is 459 g/mol. The molecule has 0 spiro atoms. The van der Waals surface area contributed by atoms with Crippen molar-refractivity contribution in [2.45, 2.75) is 32.7 Å². The van der Waals surface area contributed by atoms with Crippen molar-refractivity contribution in [2.24, 2.45) is 5.73 Å². The molecule has 8 heteroatoms. The zero-order valence-electron chi connectivity index (χ0n) is 18.9. The van der Waals surface area contributed by atoms with Crippen LogP contribution >= 0.6 is 0 Å². The van der Waals surface area contributed by atoms with Gasteiger partial charge in [-0.25, -0.2) is 0 Å². The number of nitrogens with two attached hydrogens (primary N) is 1. The summed E-state index contributed by atoms with van der Waals surface area (Å²) in [5.41, 5.74) is 8.46. The predicted octanol–water partition coefficient (Wildman–Crippen LogP) is 3.43. The third-order valence-electron chi connectivity index (χ3n) is 5.88. The molecule has 1 aliphatic rings. The van der Waals surface area contributed by atoms with Crippen molar-refractivity contribution in [3.63, 3.8) is 0 Å². The van der Waals surface area contributed by atoms with Crippen LogP contribution in [0.1, 0.15) is 35.2 Å². The Bertz CT molecular complexity index is 1370. The van der Waals surface area contributed by atoms with Gasteiger partial charge in [0, 0.05) is 18.3 Å². The van der Waals surface area contributed by atoms with E-state index in [2.05, 4.69) is 6.07 Å².